The smallest absolute Gasteiger partial charge is 0.237 e. The molecule has 6 nitrogen and oxygen atoms in total. The molecule has 6 heteroatoms. The van der Waals surface area contributed by atoms with Crippen LogP contribution in [0.3, 0.4) is 0 Å². The first-order chi connectivity index (χ1) is 13.5. The lowest BCUT2D eigenvalue weighted by atomic mass is 9.78. The van der Waals surface area contributed by atoms with Crippen LogP contribution < -0.4 is 16.0 Å². The van der Waals surface area contributed by atoms with Crippen LogP contribution in [0.25, 0.3) is 0 Å². The second-order valence-corrected chi connectivity index (χ2v) is 9.46. The van der Waals surface area contributed by atoms with E-state index in [0.29, 0.717) is 23.8 Å². The topological polar surface area (TPSA) is 73.5 Å². The molecule has 6 atom stereocenters. The Hall–Kier alpha value is -1.14. The first kappa shape index (κ1) is 21.6. The Kier molecular flexibility index (Phi) is 7.75. The van der Waals surface area contributed by atoms with E-state index in [1.54, 1.807) is 0 Å². The highest BCUT2D eigenvalue weighted by atomic mass is 16.2. The van der Waals surface area contributed by atoms with Crippen LogP contribution in [-0.4, -0.2) is 61.0 Å². The highest BCUT2D eigenvalue weighted by molar-refractivity contribution is 5.82. The van der Waals surface area contributed by atoms with Crippen LogP contribution in [-0.2, 0) is 9.59 Å². The van der Waals surface area contributed by atoms with Crippen molar-refractivity contribution in [3.63, 3.8) is 0 Å². The van der Waals surface area contributed by atoms with Crippen molar-refractivity contribution in [3.8, 4) is 0 Å². The van der Waals surface area contributed by atoms with Gasteiger partial charge in [0.2, 0.25) is 11.8 Å². The van der Waals surface area contributed by atoms with Gasteiger partial charge in [0.05, 0.1) is 12.1 Å². The number of amides is 2. The summed E-state index contributed by atoms with van der Waals surface area (Å²) in [6.07, 6.45) is 7.84. The number of nitrogens with one attached hydrogen (secondary N) is 3. The molecule has 0 spiro atoms. The minimum atomic E-state index is -0.0977. The number of carbonyl (C=O) groups is 2. The van der Waals surface area contributed by atoms with Crippen molar-refractivity contribution in [1.82, 2.24) is 20.9 Å². The van der Waals surface area contributed by atoms with Gasteiger partial charge in [0.15, 0.2) is 0 Å². The molecule has 3 rings (SSSR count). The van der Waals surface area contributed by atoms with Gasteiger partial charge in [-0.15, -0.1) is 0 Å². The summed E-state index contributed by atoms with van der Waals surface area (Å²) in [5.41, 5.74) is 0. The molecule has 3 N–H and O–H groups in total. The molecule has 3 aliphatic rings. The largest absolute Gasteiger partial charge is 0.354 e. The van der Waals surface area contributed by atoms with Crippen LogP contribution in [0.1, 0.15) is 65.7 Å². The lowest BCUT2D eigenvalue weighted by Crippen LogP contribution is -2.54. The molecule has 2 aliphatic heterocycles. The maximum absolute atomic E-state index is 12.9. The van der Waals surface area contributed by atoms with E-state index in [2.05, 4.69) is 34.7 Å². The summed E-state index contributed by atoms with van der Waals surface area (Å²) in [6.45, 7) is 10.1. The second kappa shape index (κ2) is 10.1. The van der Waals surface area contributed by atoms with Crippen molar-refractivity contribution in [3.05, 3.63) is 0 Å². The van der Waals surface area contributed by atoms with Crippen molar-refractivity contribution in [1.29, 1.82) is 0 Å². The van der Waals surface area contributed by atoms with E-state index in [4.69, 9.17) is 0 Å². The Balaban J connectivity index is 1.44. The number of likely N-dealkylation sites (tertiary alicyclic amines) is 1. The van der Waals surface area contributed by atoms with Crippen molar-refractivity contribution in [2.45, 2.75) is 83.8 Å². The number of carbonyl (C=O) groups excluding carboxylic acids is 2. The molecule has 0 bridgehead atoms. The highest BCUT2D eigenvalue weighted by Crippen LogP contribution is 2.29. The summed E-state index contributed by atoms with van der Waals surface area (Å²) in [6, 6.07) is 0.209. The molecule has 2 saturated heterocycles. The van der Waals surface area contributed by atoms with Crippen molar-refractivity contribution < 1.29 is 9.59 Å². The van der Waals surface area contributed by atoms with Crippen molar-refractivity contribution in [2.75, 3.05) is 26.2 Å². The van der Waals surface area contributed by atoms with Gasteiger partial charge in [-0.05, 0) is 69.9 Å². The normalized spacial score (nSPS) is 35.3. The van der Waals surface area contributed by atoms with Crippen LogP contribution >= 0.6 is 0 Å². The third-order valence-electron chi connectivity index (χ3n) is 7.45. The van der Waals surface area contributed by atoms with E-state index in [-0.39, 0.29) is 23.9 Å². The number of hydrogen-bond acceptors (Lipinski definition) is 4. The zero-order valence-corrected chi connectivity index (χ0v) is 18.0. The average molecular weight is 393 g/mol. The fourth-order valence-electron chi connectivity index (χ4n) is 5.15. The third kappa shape index (κ3) is 5.47. The molecule has 6 unspecified atom stereocenters. The minimum absolute atomic E-state index is 0.00994. The maximum Gasteiger partial charge on any atom is 0.237 e. The Labute approximate surface area is 170 Å². The van der Waals surface area contributed by atoms with Crippen LogP contribution in [0, 0.1) is 17.8 Å². The number of hydrogen-bond donors (Lipinski definition) is 3. The molecule has 0 radical (unpaired) electrons. The van der Waals surface area contributed by atoms with E-state index >= 15 is 0 Å². The van der Waals surface area contributed by atoms with Crippen LogP contribution in [0.4, 0.5) is 0 Å². The molecule has 2 heterocycles. The second-order valence-electron chi connectivity index (χ2n) is 9.46. The SMILES string of the molecule is CC1CCCC(NC(=O)C(C)N2CCCC(CNC(=O)C3CCCN3)C2)C1C. The fraction of sp³-hybridized carbons (Fsp3) is 0.909. The number of rotatable bonds is 6. The highest BCUT2D eigenvalue weighted by Gasteiger charge is 2.32. The molecule has 1 aliphatic carbocycles. The van der Waals surface area contributed by atoms with Gasteiger partial charge in [-0.2, -0.15) is 0 Å². The van der Waals surface area contributed by atoms with E-state index in [9.17, 15) is 9.59 Å². The van der Waals surface area contributed by atoms with Crippen LogP contribution in [0.15, 0.2) is 0 Å². The van der Waals surface area contributed by atoms with Gasteiger partial charge >= 0.3 is 0 Å². The predicted octanol–water partition coefficient (Wildman–Crippen LogP) is 1.90. The lowest BCUT2D eigenvalue weighted by molar-refractivity contribution is -0.128. The van der Waals surface area contributed by atoms with Crippen molar-refractivity contribution in [2.24, 2.45) is 17.8 Å². The molecule has 28 heavy (non-hydrogen) atoms. The standard InChI is InChI=1S/C22H40N4O2/c1-15-7-4-9-19(16(15)2)25-21(27)17(3)26-12-6-8-18(14-26)13-24-22(28)20-10-5-11-23-20/h15-20,23H,4-14H2,1-3H3,(H,24,28)(H,25,27). The van der Waals surface area contributed by atoms with Gasteiger partial charge in [-0.1, -0.05) is 26.7 Å². The molecule has 2 amide bonds. The summed E-state index contributed by atoms with van der Waals surface area (Å²) in [5, 5.41) is 9.73. The maximum atomic E-state index is 12.9. The molecule has 0 aromatic rings. The van der Waals surface area contributed by atoms with Gasteiger partial charge in [-0.25, -0.2) is 0 Å². The quantitative estimate of drug-likeness (QED) is 0.645. The summed E-state index contributed by atoms with van der Waals surface area (Å²) in [5.74, 6) is 1.99. The van der Waals surface area contributed by atoms with Crippen LogP contribution in [0.5, 0.6) is 0 Å². The molecular weight excluding hydrogens is 352 g/mol. The van der Waals surface area contributed by atoms with E-state index in [0.717, 1.165) is 58.3 Å². The summed E-state index contributed by atoms with van der Waals surface area (Å²) in [7, 11) is 0. The van der Waals surface area contributed by atoms with Crippen molar-refractivity contribution >= 4 is 11.8 Å². The van der Waals surface area contributed by atoms with Gasteiger partial charge < -0.3 is 16.0 Å². The Morgan fingerprint density at radius 2 is 1.93 bits per heavy atom. The summed E-state index contributed by atoms with van der Waals surface area (Å²) >= 11 is 0. The van der Waals surface area contributed by atoms with E-state index in [1.807, 2.05) is 6.92 Å². The molecule has 0 aromatic heterocycles. The predicted molar refractivity (Wildman–Crippen MR) is 112 cm³/mol. The third-order valence-corrected chi connectivity index (χ3v) is 7.45. The Morgan fingerprint density at radius 1 is 1.11 bits per heavy atom. The molecular formula is C22H40N4O2. The zero-order chi connectivity index (χ0) is 20.1. The number of piperidine rings is 1. The lowest BCUT2D eigenvalue weighted by Gasteiger charge is -2.39. The van der Waals surface area contributed by atoms with Gasteiger partial charge in [0.25, 0.3) is 0 Å². The summed E-state index contributed by atoms with van der Waals surface area (Å²) in [4.78, 5) is 27.4. The zero-order valence-electron chi connectivity index (χ0n) is 18.0. The minimum Gasteiger partial charge on any atom is -0.354 e. The van der Waals surface area contributed by atoms with Gasteiger partial charge in [-0.3, -0.25) is 14.5 Å². The average Bonchev–Trinajstić information content (AvgIpc) is 3.24. The van der Waals surface area contributed by atoms with E-state index in [1.165, 1.54) is 12.8 Å². The fourth-order valence-corrected chi connectivity index (χ4v) is 5.15. The van der Waals surface area contributed by atoms with Gasteiger partial charge in [0.1, 0.15) is 0 Å². The Bertz CT molecular complexity index is 535. The monoisotopic (exact) mass is 392 g/mol. The Morgan fingerprint density at radius 3 is 2.68 bits per heavy atom. The first-order valence-electron chi connectivity index (χ1n) is 11.5. The summed E-state index contributed by atoms with van der Waals surface area (Å²) < 4.78 is 0. The molecule has 160 valence electrons. The molecule has 3 fully saturated rings. The van der Waals surface area contributed by atoms with Crippen LogP contribution in [0.2, 0.25) is 0 Å². The first-order valence-corrected chi connectivity index (χ1v) is 11.5. The number of nitrogens with zero attached hydrogens (tertiary/aromatic N) is 1. The van der Waals surface area contributed by atoms with E-state index < -0.39 is 0 Å². The molecule has 0 aromatic carbocycles. The van der Waals surface area contributed by atoms with Gasteiger partial charge in [0, 0.05) is 19.1 Å². The molecule has 1 saturated carbocycles.